The maximum Gasteiger partial charge on any atom is 0.376 e. The molecule has 0 amide bonds. The molecular formula is C26H33NO5S. The van der Waals surface area contributed by atoms with Crippen LogP contribution in [0.25, 0.3) is 0 Å². The van der Waals surface area contributed by atoms with Crippen LogP contribution in [0.5, 0.6) is 0 Å². The van der Waals surface area contributed by atoms with Crippen LogP contribution in [0.15, 0.2) is 71.0 Å². The van der Waals surface area contributed by atoms with E-state index in [9.17, 15) is 9.59 Å². The van der Waals surface area contributed by atoms with Crippen LogP contribution >= 0.6 is 11.8 Å². The molecule has 0 bridgehead atoms. The molecule has 0 aromatic carbocycles. The highest BCUT2D eigenvalue weighted by Gasteiger charge is 2.21. The summed E-state index contributed by atoms with van der Waals surface area (Å²) in [5.41, 5.74) is 2.31. The first-order chi connectivity index (χ1) is 15.3. The van der Waals surface area contributed by atoms with E-state index in [1.165, 1.54) is 25.8 Å². The van der Waals surface area contributed by atoms with E-state index in [2.05, 4.69) is 35.6 Å². The van der Waals surface area contributed by atoms with Crippen LogP contribution in [-0.4, -0.2) is 35.7 Å². The number of carbonyl (C=O) groups excluding carboxylic acids is 2. The second kappa shape index (κ2) is 14.0. The molecule has 1 aromatic heterocycles. The van der Waals surface area contributed by atoms with Crippen molar-refractivity contribution in [1.29, 1.82) is 0 Å². The van der Waals surface area contributed by atoms with Crippen molar-refractivity contribution < 1.29 is 23.6 Å². The van der Waals surface area contributed by atoms with Crippen molar-refractivity contribution in [2.24, 2.45) is 0 Å². The zero-order valence-corrected chi connectivity index (χ0v) is 21.3. The Labute approximate surface area is 201 Å². The highest BCUT2D eigenvalue weighted by atomic mass is 32.2. The number of nitrogens with zero attached hydrogens (tertiary/aromatic N) is 1. The first-order valence-electron chi connectivity index (χ1n) is 9.93. The Hall–Kier alpha value is -3.24. The van der Waals surface area contributed by atoms with Crippen LogP contribution in [0.3, 0.4) is 0 Å². The highest BCUT2D eigenvalue weighted by Crippen LogP contribution is 2.22. The van der Waals surface area contributed by atoms with E-state index < -0.39 is 11.4 Å². The summed E-state index contributed by atoms with van der Waals surface area (Å²) in [5, 5.41) is 3.78. The predicted molar refractivity (Wildman–Crippen MR) is 135 cm³/mol. The zero-order valence-electron chi connectivity index (χ0n) is 20.5. The molecule has 6 nitrogen and oxygen atoms in total. The predicted octanol–water partition coefficient (Wildman–Crippen LogP) is 5.80. The van der Waals surface area contributed by atoms with Gasteiger partial charge in [-0.15, -0.1) is 18.2 Å². The monoisotopic (exact) mass is 471 g/mol. The van der Waals surface area contributed by atoms with E-state index in [0.717, 1.165) is 16.8 Å². The fourth-order valence-corrected chi connectivity index (χ4v) is 2.63. The summed E-state index contributed by atoms with van der Waals surface area (Å²) < 4.78 is 14.8. The molecule has 7 heteroatoms. The number of terminal acetylenes is 1. The lowest BCUT2D eigenvalue weighted by Gasteiger charge is -2.14. The van der Waals surface area contributed by atoms with Crippen molar-refractivity contribution in [3.8, 4) is 12.3 Å². The van der Waals surface area contributed by atoms with E-state index in [-0.39, 0.29) is 17.0 Å². The summed E-state index contributed by atoms with van der Waals surface area (Å²) in [6.07, 6.45) is 12.2. The smallest absolute Gasteiger partial charge is 0.376 e. The number of ketones is 1. The minimum Gasteiger partial charge on any atom is -0.473 e. The molecule has 0 radical (unpaired) electrons. The highest BCUT2D eigenvalue weighted by molar-refractivity contribution is 7.99. The first kappa shape index (κ1) is 29.8. The molecule has 1 heterocycles. The molecule has 0 spiro atoms. The molecule has 0 N–H and O–H groups in total. The molecule has 1 aromatic rings. The van der Waals surface area contributed by atoms with Gasteiger partial charge in [0, 0.05) is 17.1 Å². The molecule has 0 fully saturated rings. The third-order valence-electron chi connectivity index (χ3n) is 3.98. The molecule has 1 atom stereocenters. The van der Waals surface area contributed by atoms with Gasteiger partial charge in [0.1, 0.15) is 5.76 Å². The Kier molecular flexibility index (Phi) is 12.6. The third-order valence-corrected chi connectivity index (χ3v) is 4.83. The van der Waals surface area contributed by atoms with Gasteiger partial charge in [0.25, 0.3) is 0 Å². The Balaban J connectivity index is 0.000000676. The van der Waals surface area contributed by atoms with Crippen molar-refractivity contribution >= 4 is 23.5 Å². The van der Waals surface area contributed by atoms with Crippen molar-refractivity contribution in [3.05, 3.63) is 78.0 Å². The average Bonchev–Trinajstić information content (AvgIpc) is 3.25. The van der Waals surface area contributed by atoms with E-state index in [0.29, 0.717) is 11.3 Å². The second-order valence-electron chi connectivity index (χ2n) is 7.91. The van der Waals surface area contributed by atoms with Crippen LogP contribution in [0, 0.1) is 12.3 Å². The number of aromatic nitrogens is 1. The third kappa shape index (κ3) is 10.8. The summed E-state index contributed by atoms with van der Waals surface area (Å²) in [6.45, 7) is 20.6. The van der Waals surface area contributed by atoms with E-state index in [4.69, 9.17) is 15.7 Å². The van der Waals surface area contributed by atoms with Crippen molar-refractivity contribution in [1.82, 2.24) is 5.16 Å². The standard InChI is InChI=1S/C17H20O2S.C9H13NO3/c1-8-15(9-2)11-16(12(3)4)10-13(5)19-17(20-7)14(6)18;1-9(2,3)7-5-6(13-10-7)8(11)12-4/h1,9-11,17H,2-3,5H2,4,6-7H3;5H,1-4H3/b15-11-,16-10-;. The SMILES string of the molecule is C#C/C(C=C)=C/C(=C/C(=C)OC(SC)C(C)=O)C(=C)C.COC(=O)c1cc(C(C)(C)C)no1. The molecule has 0 saturated carbocycles. The molecular weight excluding hydrogens is 438 g/mol. The number of esters is 1. The van der Waals surface area contributed by atoms with Crippen LogP contribution in [0.1, 0.15) is 50.9 Å². The molecule has 0 aliphatic heterocycles. The summed E-state index contributed by atoms with van der Waals surface area (Å²) in [7, 11) is 1.31. The van der Waals surface area contributed by atoms with Gasteiger partial charge < -0.3 is 14.0 Å². The number of carbonyl (C=O) groups is 2. The van der Waals surface area contributed by atoms with Gasteiger partial charge in [-0.2, -0.15) is 0 Å². The van der Waals surface area contributed by atoms with Crippen LogP contribution < -0.4 is 0 Å². The van der Waals surface area contributed by atoms with Gasteiger partial charge in [0.05, 0.1) is 12.8 Å². The minimum absolute atomic E-state index is 0.0603. The molecule has 33 heavy (non-hydrogen) atoms. The van der Waals surface area contributed by atoms with Gasteiger partial charge in [-0.25, -0.2) is 4.79 Å². The molecule has 1 unspecified atom stereocenters. The van der Waals surface area contributed by atoms with E-state index in [1.54, 1.807) is 30.6 Å². The van der Waals surface area contributed by atoms with Crippen molar-refractivity contribution in [2.45, 2.75) is 45.5 Å². The number of ether oxygens (including phenoxy) is 2. The summed E-state index contributed by atoms with van der Waals surface area (Å²) in [4.78, 5) is 22.3. The molecule has 0 aliphatic carbocycles. The number of allylic oxidation sites excluding steroid dienone is 6. The van der Waals surface area contributed by atoms with Crippen molar-refractivity contribution in [3.63, 3.8) is 0 Å². The topological polar surface area (TPSA) is 78.6 Å². The molecule has 178 valence electrons. The second-order valence-corrected chi connectivity index (χ2v) is 8.81. The summed E-state index contributed by atoms with van der Waals surface area (Å²) >= 11 is 1.32. The summed E-state index contributed by atoms with van der Waals surface area (Å²) in [5.74, 6) is 2.48. The normalized spacial score (nSPS) is 12.4. The van der Waals surface area contributed by atoms with Crippen molar-refractivity contribution in [2.75, 3.05) is 13.4 Å². The van der Waals surface area contributed by atoms with Crippen LogP contribution in [-0.2, 0) is 19.7 Å². The fourth-order valence-electron chi connectivity index (χ4n) is 2.08. The van der Waals surface area contributed by atoms with E-state index in [1.807, 2.05) is 27.7 Å². The lowest BCUT2D eigenvalue weighted by molar-refractivity contribution is -0.121. The summed E-state index contributed by atoms with van der Waals surface area (Å²) in [6, 6.07) is 1.60. The van der Waals surface area contributed by atoms with Gasteiger partial charge in [-0.3, -0.25) is 4.79 Å². The van der Waals surface area contributed by atoms with Gasteiger partial charge in [-0.1, -0.05) is 63.2 Å². The Morgan fingerprint density at radius 1 is 1.27 bits per heavy atom. The largest absolute Gasteiger partial charge is 0.473 e. The number of hydrogen-bond acceptors (Lipinski definition) is 7. The Morgan fingerprint density at radius 2 is 1.88 bits per heavy atom. The Bertz CT molecular complexity index is 983. The fraction of sp³-hybridized carbons (Fsp3) is 0.346. The maximum absolute atomic E-state index is 11.3. The van der Waals surface area contributed by atoms with Crippen LogP contribution in [0.4, 0.5) is 0 Å². The number of methoxy groups -OCH3 is 1. The van der Waals surface area contributed by atoms with Gasteiger partial charge in [-0.05, 0) is 37.8 Å². The number of rotatable bonds is 9. The maximum atomic E-state index is 11.3. The lowest BCUT2D eigenvalue weighted by Crippen LogP contribution is -2.16. The van der Waals surface area contributed by atoms with E-state index >= 15 is 0 Å². The average molecular weight is 472 g/mol. The molecule has 0 saturated heterocycles. The lowest BCUT2D eigenvalue weighted by atomic mass is 9.92. The van der Waals surface area contributed by atoms with Gasteiger partial charge in [0.2, 0.25) is 11.2 Å². The van der Waals surface area contributed by atoms with Gasteiger partial charge >= 0.3 is 5.97 Å². The minimum atomic E-state index is -0.555. The molecule has 0 aliphatic rings. The molecule has 1 rings (SSSR count). The quantitative estimate of drug-likeness (QED) is 0.148. The number of thioether (sulfide) groups is 1. The number of hydrogen-bond donors (Lipinski definition) is 0. The van der Waals surface area contributed by atoms with Crippen LogP contribution in [0.2, 0.25) is 0 Å². The number of Topliss-reactive ketones (excluding diaryl/α,β-unsaturated/α-hetero) is 1. The van der Waals surface area contributed by atoms with Gasteiger partial charge in [0.15, 0.2) is 5.78 Å². The Morgan fingerprint density at radius 3 is 2.24 bits per heavy atom. The zero-order chi connectivity index (χ0) is 25.8. The first-order valence-corrected chi connectivity index (χ1v) is 11.2.